The van der Waals surface area contributed by atoms with Gasteiger partial charge in [-0.1, -0.05) is 13.0 Å². The normalized spacial score (nSPS) is 10.3. The lowest BCUT2D eigenvalue weighted by molar-refractivity contribution is -0.136. The zero-order valence-electron chi connectivity index (χ0n) is 15.3. The molecule has 144 valence electrons. The maximum absolute atomic E-state index is 13.9. The van der Waals surface area contributed by atoms with E-state index < -0.39 is 24.1 Å². The van der Waals surface area contributed by atoms with Crippen molar-refractivity contribution in [2.45, 2.75) is 26.7 Å². The number of amides is 1. The summed E-state index contributed by atoms with van der Waals surface area (Å²) >= 11 is 0. The number of carboxylic acid groups (broad SMARTS) is 1. The van der Waals surface area contributed by atoms with Crippen molar-refractivity contribution in [1.82, 2.24) is 0 Å². The van der Waals surface area contributed by atoms with Crippen LogP contribution in [0, 0.1) is 5.82 Å². The van der Waals surface area contributed by atoms with Crippen LogP contribution in [-0.4, -0.2) is 30.2 Å². The summed E-state index contributed by atoms with van der Waals surface area (Å²) in [6.45, 7) is 4.78. The molecule has 0 aliphatic carbocycles. The fraction of sp³-hybridized carbons (Fsp3) is 0.300. The van der Waals surface area contributed by atoms with Gasteiger partial charge in [-0.25, -0.2) is 4.39 Å². The molecule has 0 fully saturated rings. The number of ether oxygens (including phenoxy) is 2. The first kappa shape index (κ1) is 20.2. The van der Waals surface area contributed by atoms with Gasteiger partial charge in [-0.15, -0.1) is 0 Å². The molecule has 0 saturated carbocycles. The number of carbonyl (C=O) groups is 2. The Bertz CT molecular complexity index is 822. The minimum atomic E-state index is -1.13. The molecule has 7 heteroatoms. The zero-order valence-corrected chi connectivity index (χ0v) is 15.3. The Morgan fingerprint density at radius 1 is 1.07 bits per heavy atom. The van der Waals surface area contributed by atoms with Crippen LogP contribution in [0.5, 0.6) is 11.5 Å². The number of hydrogen-bond donors (Lipinski definition) is 2. The number of hydrogen-bond acceptors (Lipinski definition) is 4. The molecule has 0 aliphatic rings. The second-order valence-corrected chi connectivity index (χ2v) is 5.77. The van der Waals surface area contributed by atoms with Crippen molar-refractivity contribution in [2.24, 2.45) is 0 Å². The summed E-state index contributed by atoms with van der Waals surface area (Å²) in [5.74, 6) is -1.24. The summed E-state index contributed by atoms with van der Waals surface area (Å²) < 4.78 is 25.1. The molecular weight excluding hydrogens is 353 g/mol. The number of halogens is 1. The van der Waals surface area contributed by atoms with Crippen molar-refractivity contribution in [3.05, 3.63) is 53.3 Å². The number of benzene rings is 2. The quantitative estimate of drug-likeness (QED) is 0.694. The van der Waals surface area contributed by atoms with E-state index in [1.807, 2.05) is 13.8 Å². The average molecular weight is 375 g/mol. The molecule has 6 nitrogen and oxygen atoms in total. The van der Waals surface area contributed by atoms with E-state index in [1.54, 1.807) is 18.2 Å². The molecule has 0 aromatic heterocycles. The van der Waals surface area contributed by atoms with E-state index in [9.17, 15) is 14.0 Å². The lowest BCUT2D eigenvalue weighted by Gasteiger charge is -2.13. The number of carbonyl (C=O) groups excluding carboxylic acids is 1. The van der Waals surface area contributed by atoms with Gasteiger partial charge in [0.25, 0.3) is 5.91 Å². The molecule has 0 atom stereocenters. The Kier molecular flexibility index (Phi) is 7.16. The van der Waals surface area contributed by atoms with Gasteiger partial charge >= 0.3 is 5.97 Å². The van der Waals surface area contributed by atoms with Crippen LogP contribution in [-0.2, 0) is 11.2 Å². The average Bonchev–Trinajstić information content (AvgIpc) is 2.63. The monoisotopic (exact) mass is 375 g/mol. The first-order valence-electron chi connectivity index (χ1n) is 8.65. The fourth-order valence-electron chi connectivity index (χ4n) is 2.38. The second-order valence-electron chi connectivity index (χ2n) is 5.77. The highest BCUT2D eigenvalue weighted by Gasteiger charge is 2.13. The summed E-state index contributed by atoms with van der Waals surface area (Å²) in [5.41, 5.74) is 0.616. The minimum Gasteiger partial charge on any atom is -0.490 e. The van der Waals surface area contributed by atoms with E-state index >= 15 is 0 Å². The number of aliphatic carboxylic acids is 1. The first-order chi connectivity index (χ1) is 12.9. The highest BCUT2D eigenvalue weighted by atomic mass is 19.1. The maximum atomic E-state index is 13.9. The van der Waals surface area contributed by atoms with Gasteiger partial charge in [0, 0.05) is 11.3 Å². The van der Waals surface area contributed by atoms with E-state index in [2.05, 4.69) is 5.32 Å². The van der Waals surface area contributed by atoms with Gasteiger partial charge in [-0.3, -0.25) is 9.59 Å². The van der Waals surface area contributed by atoms with Crippen LogP contribution >= 0.6 is 0 Å². The van der Waals surface area contributed by atoms with Crippen LogP contribution in [0.2, 0.25) is 0 Å². The zero-order chi connectivity index (χ0) is 19.8. The van der Waals surface area contributed by atoms with Gasteiger partial charge in [0.1, 0.15) is 5.82 Å². The van der Waals surface area contributed by atoms with E-state index in [-0.39, 0.29) is 11.3 Å². The van der Waals surface area contributed by atoms with Crippen molar-refractivity contribution >= 4 is 17.6 Å². The molecule has 0 unspecified atom stereocenters. The molecule has 0 radical (unpaired) electrons. The molecule has 2 aromatic rings. The Balaban J connectivity index is 2.16. The van der Waals surface area contributed by atoms with E-state index in [0.717, 1.165) is 12.5 Å². The van der Waals surface area contributed by atoms with Gasteiger partial charge < -0.3 is 19.9 Å². The topological polar surface area (TPSA) is 84.9 Å². The third-order valence-electron chi connectivity index (χ3n) is 3.62. The Morgan fingerprint density at radius 3 is 2.48 bits per heavy atom. The lowest BCUT2D eigenvalue weighted by Crippen LogP contribution is -2.13. The molecule has 2 aromatic carbocycles. The summed E-state index contributed by atoms with van der Waals surface area (Å²) in [6, 6.07) is 8.72. The summed E-state index contributed by atoms with van der Waals surface area (Å²) in [5, 5.41) is 11.3. The molecule has 0 spiro atoms. The number of anilines is 1. The predicted octanol–water partition coefficient (Wildman–Crippen LogP) is 3.89. The summed E-state index contributed by atoms with van der Waals surface area (Å²) in [4.78, 5) is 23.1. The van der Waals surface area contributed by atoms with E-state index in [1.165, 1.54) is 12.1 Å². The molecule has 0 saturated heterocycles. The van der Waals surface area contributed by atoms with Crippen LogP contribution in [0.15, 0.2) is 36.4 Å². The van der Waals surface area contributed by atoms with Crippen LogP contribution < -0.4 is 14.8 Å². The van der Waals surface area contributed by atoms with Crippen molar-refractivity contribution in [1.29, 1.82) is 0 Å². The standard InChI is InChI=1S/C20H22FNO5/c1-3-9-27-17-8-6-14(10-18(17)26-4-2)20(25)22-15-7-5-13(11-19(23)24)16(21)12-15/h5-8,10,12H,3-4,9,11H2,1-2H3,(H,22,25)(H,23,24). The van der Waals surface area contributed by atoms with Gasteiger partial charge in [0.15, 0.2) is 11.5 Å². The molecule has 0 bridgehead atoms. The molecule has 1 amide bonds. The SMILES string of the molecule is CCCOc1ccc(C(=O)Nc2ccc(CC(=O)O)c(F)c2)cc1OCC. The largest absolute Gasteiger partial charge is 0.490 e. The Labute approximate surface area is 156 Å². The van der Waals surface area contributed by atoms with Crippen molar-refractivity contribution < 1.29 is 28.6 Å². The van der Waals surface area contributed by atoms with Gasteiger partial charge in [-0.05, 0) is 49.2 Å². The maximum Gasteiger partial charge on any atom is 0.307 e. The van der Waals surface area contributed by atoms with Crippen LogP contribution in [0.1, 0.15) is 36.2 Å². The predicted molar refractivity (Wildman–Crippen MR) is 99.1 cm³/mol. The van der Waals surface area contributed by atoms with E-state index in [4.69, 9.17) is 14.6 Å². The minimum absolute atomic E-state index is 0.0524. The van der Waals surface area contributed by atoms with Gasteiger partial charge in [0.2, 0.25) is 0 Å². The lowest BCUT2D eigenvalue weighted by atomic mass is 10.1. The van der Waals surface area contributed by atoms with E-state index in [0.29, 0.717) is 30.3 Å². The van der Waals surface area contributed by atoms with Gasteiger partial charge in [0.05, 0.1) is 19.6 Å². The third kappa shape index (κ3) is 5.70. The third-order valence-corrected chi connectivity index (χ3v) is 3.62. The van der Waals surface area contributed by atoms with Crippen LogP contribution in [0.4, 0.5) is 10.1 Å². The van der Waals surface area contributed by atoms with Crippen LogP contribution in [0.25, 0.3) is 0 Å². The molecule has 2 rings (SSSR count). The molecule has 2 N–H and O–H groups in total. The van der Waals surface area contributed by atoms with Crippen molar-refractivity contribution in [3.63, 3.8) is 0 Å². The first-order valence-corrected chi connectivity index (χ1v) is 8.65. The summed E-state index contributed by atoms with van der Waals surface area (Å²) in [6.07, 6.45) is 0.425. The number of rotatable bonds is 9. The number of nitrogens with one attached hydrogen (secondary N) is 1. The second kappa shape index (κ2) is 9.56. The smallest absolute Gasteiger partial charge is 0.307 e. The van der Waals surface area contributed by atoms with Gasteiger partial charge in [-0.2, -0.15) is 0 Å². The fourth-order valence-corrected chi connectivity index (χ4v) is 2.38. The Hall–Kier alpha value is -3.09. The Morgan fingerprint density at radius 2 is 1.85 bits per heavy atom. The molecule has 0 aliphatic heterocycles. The van der Waals surface area contributed by atoms with Crippen LogP contribution in [0.3, 0.4) is 0 Å². The highest BCUT2D eigenvalue weighted by molar-refractivity contribution is 6.04. The number of carboxylic acids is 1. The summed E-state index contributed by atoms with van der Waals surface area (Å²) in [7, 11) is 0. The van der Waals surface area contributed by atoms with Crippen molar-refractivity contribution in [2.75, 3.05) is 18.5 Å². The molecule has 27 heavy (non-hydrogen) atoms. The highest BCUT2D eigenvalue weighted by Crippen LogP contribution is 2.29. The van der Waals surface area contributed by atoms with Crippen molar-refractivity contribution in [3.8, 4) is 11.5 Å². The molecular formula is C20H22FNO5. The molecule has 0 heterocycles.